The molecule has 38 heavy (non-hydrogen) atoms. The molecule has 194 valence electrons. The molecule has 0 saturated carbocycles. The number of amides is 2. The molecule has 9 nitrogen and oxygen atoms in total. The topological polar surface area (TPSA) is 106 Å². The van der Waals surface area contributed by atoms with E-state index in [2.05, 4.69) is 20.5 Å². The zero-order valence-corrected chi connectivity index (χ0v) is 21.7. The zero-order valence-electron chi connectivity index (χ0n) is 20.9. The monoisotopic (exact) mass is 529 g/mol. The van der Waals surface area contributed by atoms with E-state index in [0.29, 0.717) is 42.6 Å². The summed E-state index contributed by atoms with van der Waals surface area (Å²) >= 11 is 6.06. The number of likely N-dealkylation sites (tertiary alicyclic amines) is 1. The van der Waals surface area contributed by atoms with Gasteiger partial charge in [-0.3, -0.25) is 9.59 Å². The fourth-order valence-electron chi connectivity index (χ4n) is 5.41. The van der Waals surface area contributed by atoms with Crippen LogP contribution in [0.25, 0.3) is 22.4 Å². The van der Waals surface area contributed by atoms with E-state index in [1.54, 1.807) is 0 Å². The Morgan fingerprint density at radius 3 is 2.53 bits per heavy atom. The molecule has 0 radical (unpaired) electrons. The normalized spacial score (nSPS) is 18.3. The third kappa shape index (κ3) is 4.65. The first-order valence-corrected chi connectivity index (χ1v) is 13.1. The smallest absolute Gasteiger partial charge is 0.270 e. The first kappa shape index (κ1) is 24.2. The Kier molecular flexibility index (Phi) is 6.37. The maximum Gasteiger partial charge on any atom is 0.270 e. The molecule has 2 aliphatic rings. The lowest BCUT2D eigenvalue weighted by Gasteiger charge is -2.35. The summed E-state index contributed by atoms with van der Waals surface area (Å²) in [7, 11) is 0. The maximum atomic E-state index is 13.6. The fraction of sp³-hybridized carbons (Fsp3) is 0.286. The van der Waals surface area contributed by atoms with Crippen LogP contribution in [0.2, 0.25) is 5.02 Å². The molecular formula is C28H28ClN7O2. The van der Waals surface area contributed by atoms with Gasteiger partial charge in [-0.1, -0.05) is 41.9 Å². The van der Waals surface area contributed by atoms with Gasteiger partial charge in [0.05, 0.1) is 11.4 Å². The second-order valence-corrected chi connectivity index (χ2v) is 10.2. The molecule has 2 bridgehead atoms. The standard InChI is InChI=1S/C28H28ClN7O2/c1-17(37)30-11-12-31-26-23-14-24(32-27(23)34-25(33-26)18-5-3-2-4-6-18)28(38)36-16-21-13-22(36)15-35(21)20-9-7-19(29)8-10-20/h2-10,14,21-22H,11-13,15-16H2,1H3,(H,30,37)(H2,31,32,33,34). The molecule has 6 rings (SSSR count). The molecule has 10 heteroatoms. The number of carbonyl (C=O) groups excluding carboxylic acids is 2. The highest BCUT2D eigenvalue weighted by Crippen LogP contribution is 2.36. The minimum absolute atomic E-state index is 0.0308. The van der Waals surface area contributed by atoms with Crippen molar-refractivity contribution >= 4 is 46.0 Å². The number of aromatic nitrogens is 3. The van der Waals surface area contributed by atoms with Gasteiger partial charge in [0.15, 0.2) is 5.82 Å². The summed E-state index contributed by atoms with van der Waals surface area (Å²) in [6.45, 7) is 3.90. The van der Waals surface area contributed by atoms with Crippen molar-refractivity contribution < 1.29 is 9.59 Å². The van der Waals surface area contributed by atoms with Crippen LogP contribution in [-0.4, -0.2) is 69.9 Å². The van der Waals surface area contributed by atoms with Gasteiger partial charge >= 0.3 is 0 Å². The number of hydrogen-bond acceptors (Lipinski definition) is 6. The SMILES string of the molecule is CC(=O)NCCNc1nc(-c2ccccc2)nc2[nH]c(C(=O)N3CC4CC3CN4c3ccc(Cl)cc3)cc12. The molecule has 2 aromatic heterocycles. The summed E-state index contributed by atoms with van der Waals surface area (Å²) in [4.78, 5) is 42.0. The van der Waals surface area contributed by atoms with Crippen molar-refractivity contribution in [3.8, 4) is 11.4 Å². The Balaban J connectivity index is 1.25. The Morgan fingerprint density at radius 2 is 1.82 bits per heavy atom. The van der Waals surface area contributed by atoms with Crippen LogP contribution < -0.4 is 15.5 Å². The number of nitrogens with one attached hydrogen (secondary N) is 3. The lowest BCUT2D eigenvalue weighted by Crippen LogP contribution is -2.48. The van der Waals surface area contributed by atoms with Gasteiger partial charge in [-0.2, -0.15) is 0 Å². The van der Waals surface area contributed by atoms with Crippen LogP contribution in [0.3, 0.4) is 0 Å². The summed E-state index contributed by atoms with van der Waals surface area (Å²) < 4.78 is 0. The highest BCUT2D eigenvalue weighted by Gasteiger charge is 2.45. The zero-order chi connectivity index (χ0) is 26.2. The number of rotatable bonds is 7. The lowest BCUT2D eigenvalue weighted by atomic mass is 10.2. The largest absolute Gasteiger partial charge is 0.368 e. The van der Waals surface area contributed by atoms with E-state index < -0.39 is 0 Å². The van der Waals surface area contributed by atoms with E-state index >= 15 is 0 Å². The van der Waals surface area contributed by atoms with E-state index in [0.717, 1.165) is 34.6 Å². The Hall–Kier alpha value is -4.11. The molecule has 2 aromatic carbocycles. The second kappa shape index (κ2) is 9.98. The molecule has 3 N–H and O–H groups in total. The third-order valence-electron chi connectivity index (χ3n) is 7.20. The summed E-state index contributed by atoms with van der Waals surface area (Å²) in [6, 6.07) is 19.9. The summed E-state index contributed by atoms with van der Waals surface area (Å²) in [5.41, 5.74) is 3.10. The first-order valence-electron chi connectivity index (χ1n) is 12.7. The van der Waals surface area contributed by atoms with Crippen LogP contribution in [0.5, 0.6) is 0 Å². The molecule has 4 heterocycles. The quantitative estimate of drug-likeness (QED) is 0.313. The van der Waals surface area contributed by atoms with Gasteiger partial charge in [0.1, 0.15) is 17.2 Å². The van der Waals surface area contributed by atoms with Gasteiger partial charge in [0.2, 0.25) is 5.91 Å². The van der Waals surface area contributed by atoms with E-state index in [1.165, 1.54) is 6.92 Å². The highest BCUT2D eigenvalue weighted by molar-refractivity contribution is 6.30. The maximum absolute atomic E-state index is 13.6. The lowest BCUT2D eigenvalue weighted by molar-refractivity contribution is -0.118. The van der Waals surface area contributed by atoms with E-state index in [4.69, 9.17) is 21.6 Å². The van der Waals surface area contributed by atoms with Gasteiger partial charge in [0.25, 0.3) is 5.91 Å². The van der Waals surface area contributed by atoms with Crippen molar-refractivity contribution in [2.45, 2.75) is 25.4 Å². The van der Waals surface area contributed by atoms with Crippen molar-refractivity contribution in [1.29, 1.82) is 0 Å². The number of carbonyl (C=O) groups is 2. The number of nitrogens with zero attached hydrogens (tertiary/aromatic N) is 4. The molecule has 2 saturated heterocycles. The Bertz CT molecular complexity index is 1490. The molecule has 2 unspecified atom stereocenters. The van der Waals surface area contributed by atoms with Gasteiger partial charge in [-0.05, 0) is 36.8 Å². The highest BCUT2D eigenvalue weighted by atomic mass is 35.5. The molecule has 2 atom stereocenters. The van der Waals surface area contributed by atoms with Gasteiger partial charge in [-0.25, -0.2) is 9.97 Å². The van der Waals surface area contributed by atoms with E-state index in [9.17, 15) is 9.59 Å². The number of piperazine rings is 1. The third-order valence-corrected chi connectivity index (χ3v) is 7.45. The number of hydrogen-bond donors (Lipinski definition) is 3. The van der Waals surface area contributed by atoms with Crippen LogP contribution in [-0.2, 0) is 4.79 Å². The number of aromatic amines is 1. The molecule has 0 aliphatic carbocycles. The summed E-state index contributed by atoms with van der Waals surface area (Å²) in [6.07, 6.45) is 0.947. The molecule has 4 aromatic rings. The van der Waals surface area contributed by atoms with Crippen LogP contribution in [0.4, 0.5) is 11.5 Å². The number of H-pyrrole nitrogens is 1. The van der Waals surface area contributed by atoms with Crippen LogP contribution in [0, 0.1) is 0 Å². The predicted molar refractivity (Wildman–Crippen MR) is 149 cm³/mol. The molecule has 2 aliphatic heterocycles. The van der Waals surface area contributed by atoms with Crippen molar-refractivity contribution in [2.75, 3.05) is 36.4 Å². The average molecular weight is 530 g/mol. The van der Waals surface area contributed by atoms with Crippen LogP contribution >= 0.6 is 11.6 Å². The van der Waals surface area contributed by atoms with Crippen LogP contribution in [0.15, 0.2) is 60.7 Å². The van der Waals surface area contributed by atoms with Crippen LogP contribution in [0.1, 0.15) is 23.8 Å². The van der Waals surface area contributed by atoms with Crippen molar-refractivity contribution in [3.05, 3.63) is 71.4 Å². The number of halogens is 1. The number of benzene rings is 2. The average Bonchev–Trinajstić information content (AvgIpc) is 3.66. The fourth-order valence-corrected chi connectivity index (χ4v) is 5.54. The molecular weight excluding hydrogens is 502 g/mol. The molecule has 0 spiro atoms. The minimum atomic E-state index is -0.0892. The summed E-state index contributed by atoms with van der Waals surface area (Å²) in [5, 5.41) is 7.54. The van der Waals surface area contributed by atoms with Gasteiger partial charge < -0.3 is 25.4 Å². The molecule has 2 fully saturated rings. The van der Waals surface area contributed by atoms with Crippen molar-refractivity contribution in [2.24, 2.45) is 0 Å². The summed E-state index contributed by atoms with van der Waals surface area (Å²) in [5.74, 6) is 1.05. The molecule has 2 amide bonds. The van der Waals surface area contributed by atoms with Crippen molar-refractivity contribution in [3.63, 3.8) is 0 Å². The van der Waals surface area contributed by atoms with Gasteiger partial charge in [-0.15, -0.1) is 0 Å². The Morgan fingerprint density at radius 1 is 1.03 bits per heavy atom. The van der Waals surface area contributed by atoms with E-state index in [-0.39, 0.29) is 23.9 Å². The Labute approximate surface area is 225 Å². The van der Waals surface area contributed by atoms with Gasteiger partial charge in [0, 0.05) is 55.4 Å². The number of anilines is 2. The van der Waals surface area contributed by atoms with Crippen molar-refractivity contribution in [1.82, 2.24) is 25.2 Å². The first-order chi connectivity index (χ1) is 18.5. The predicted octanol–water partition coefficient (Wildman–Crippen LogP) is 3.93. The second-order valence-electron chi connectivity index (χ2n) is 9.75. The number of fused-ring (bicyclic) bond motifs is 3. The minimum Gasteiger partial charge on any atom is -0.368 e. The van der Waals surface area contributed by atoms with E-state index in [1.807, 2.05) is 65.6 Å².